The van der Waals surface area contributed by atoms with E-state index >= 15 is 0 Å². The van der Waals surface area contributed by atoms with Gasteiger partial charge in [-0.05, 0) is 37.5 Å². The average Bonchev–Trinajstić information content (AvgIpc) is 3.06. The number of benzene rings is 1. The maximum absolute atomic E-state index is 13.2. The number of rotatable bonds is 5. The van der Waals surface area contributed by atoms with Crippen molar-refractivity contribution in [1.82, 2.24) is 19.8 Å². The lowest BCUT2D eigenvalue weighted by molar-refractivity contribution is -0.147. The summed E-state index contributed by atoms with van der Waals surface area (Å²) in [5.74, 6) is 0.428. The maximum atomic E-state index is 13.2. The molecule has 0 unspecified atom stereocenters. The Balaban J connectivity index is 1.56. The minimum absolute atomic E-state index is 0.138. The second-order valence-electron chi connectivity index (χ2n) is 8.16. The first kappa shape index (κ1) is 20.6. The molecule has 2 saturated heterocycles. The number of methoxy groups -OCH3 is 1. The number of hydrogen-bond acceptors (Lipinski definition) is 6. The number of aliphatic hydroxyl groups excluding tert-OH is 1. The predicted octanol–water partition coefficient (Wildman–Crippen LogP) is 0.735. The number of aryl methyl sites for hydroxylation is 1. The molecule has 0 radical (unpaired) electrons. The summed E-state index contributed by atoms with van der Waals surface area (Å²) in [5.41, 5.74) is 1.28. The van der Waals surface area contributed by atoms with Crippen LogP contribution in [0.4, 0.5) is 5.95 Å². The van der Waals surface area contributed by atoms with Crippen molar-refractivity contribution in [2.75, 3.05) is 45.2 Å². The lowest BCUT2D eigenvalue weighted by atomic mass is 9.71. The van der Waals surface area contributed by atoms with Gasteiger partial charge < -0.3 is 29.9 Å². The van der Waals surface area contributed by atoms with Gasteiger partial charge in [0.05, 0.1) is 29.2 Å². The Morgan fingerprint density at radius 1 is 1.47 bits per heavy atom. The van der Waals surface area contributed by atoms with Crippen molar-refractivity contribution >= 4 is 28.8 Å². The van der Waals surface area contributed by atoms with Gasteiger partial charge in [-0.25, -0.2) is 4.98 Å². The van der Waals surface area contributed by atoms with E-state index in [0.29, 0.717) is 50.6 Å². The van der Waals surface area contributed by atoms with Crippen LogP contribution in [0.15, 0.2) is 18.2 Å². The summed E-state index contributed by atoms with van der Waals surface area (Å²) in [7, 11) is 3.57. The van der Waals surface area contributed by atoms with E-state index in [1.54, 1.807) is 24.1 Å². The molecule has 3 N–H and O–H groups in total. The summed E-state index contributed by atoms with van der Waals surface area (Å²) in [6, 6.07) is 5.47. The molecule has 9 nitrogen and oxygen atoms in total. The summed E-state index contributed by atoms with van der Waals surface area (Å²) in [6.45, 7) is 2.50. The van der Waals surface area contributed by atoms with Crippen LogP contribution in [-0.2, 0) is 16.6 Å². The average molecular weight is 415 g/mol. The first-order chi connectivity index (χ1) is 14.5. The Morgan fingerprint density at radius 3 is 3.07 bits per heavy atom. The molecule has 2 fully saturated rings. The zero-order chi connectivity index (χ0) is 21.3. The number of anilines is 1. The van der Waals surface area contributed by atoms with E-state index in [1.807, 2.05) is 17.7 Å². The molecule has 0 aliphatic carbocycles. The van der Waals surface area contributed by atoms with Crippen molar-refractivity contribution in [2.24, 2.45) is 12.5 Å². The van der Waals surface area contributed by atoms with Gasteiger partial charge in [0.1, 0.15) is 0 Å². The highest BCUT2D eigenvalue weighted by molar-refractivity contribution is 5.98. The zero-order valence-corrected chi connectivity index (χ0v) is 17.5. The molecule has 162 valence electrons. The summed E-state index contributed by atoms with van der Waals surface area (Å²) in [4.78, 5) is 32.1. The number of carbonyl (C=O) groups is 2. The fourth-order valence-corrected chi connectivity index (χ4v) is 4.56. The number of ether oxygens (including phenoxy) is 1. The minimum atomic E-state index is -0.903. The molecule has 4 rings (SSSR count). The van der Waals surface area contributed by atoms with Gasteiger partial charge in [-0.2, -0.15) is 0 Å². The van der Waals surface area contributed by atoms with E-state index in [0.717, 1.165) is 17.5 Å². The van der Waals surface area contributed by atoms with Gasteiger partial charge in [-0.1, -0.05) is 0 Å². The lowest BCUT2D eigenvalue weighted by Gasteiger charge is -2.46. The van der Waals surface area contributed by atoms with Crippen molar-refractivity contribution in [3.8, 4) is 0 Å². The standard InChI is InChI=1S/C21H29N5O4/c1-25-16-5-4-14(12-15(16)24-20(25)23-9-11-30-2)18(28)26-10-6-17(27)21(13-26)7-3-8-22-19(21)29/h4-5,12,17,27H,3,6-11,13H2,1-2H3,(H,22,29)(H,23,24)/t17-,21+/m0/s1. The second kappa shape index (κ2) is 8.23. The number of hydrogen-bond donors (Lipinski definition) is 3. The van der Waals surface area contributed by atoms with Crippen LogP contribution in [0.2, 0.25) is 0 Å². The highest BCUT2D eigenvalue weighted by Gasteiger charge is 2.50. The van der Waals surface area contributed by atoms with E-state index in [2.05, 4.69) is 15.6 Å². The summed E-state index contributed by atoms with van der Waals surface area (Å²) < 4.78 is 7.00. The highest BCUT2D eigenvalue weighted by atomic mass is 16.5. The van der Waals surface area contributed by atoms with Gasteiger partial charge in [0, 0.05) is 45.9 Å². The molecular weight excluding hydrogens is 386 g/mol. The van der Waals surface area contributed by atoms with Crippen LogP contribution in [0.25, 0.3) is 11.0 Å². The number of amides is 2. The van der Waals surface area contributed by atoms with E-state index in [9.17, 15) is 14.7 Å². The largest absolute Gasteiger partial charge is 0.392 e. The zero-order valence-electron chi connectivity index (χ0n) is 17.5. The first-order valence-corrected chi connectivity index (χ1v) is 10.4. The molecule has 2 atom stereocenters. The minimum Gasteiger partial charge on any atom is -0.392 e. The third-order valence-electron chi connectivity index (χ3n) is 6.33. The second-order valence-corrected chi connectivity index (χ2v) is 8.16. The molecule has 2 aliphatic rings. The molecule has 0 bridgehead atoms. The SMILES string of the molecule is COCCNc1nc2cc(C(=O)N3CC[C@H](O)[C@@]4(CCCNC4=O)C3)ccc2n1C. The number of nitrogens with zero attached hydrogens (tertiary/aromatic N) is 3. The smallest absolute Gasteiger partial charge is 0.253 e. The Morgan fingerprint density at radius 2 is 2.30 bits per heavy atom. The number of carbonyl (C=O) groups excluding carboxylic acids is 2. The van der Waals surface area contributed by atoms with Crippen LogP contribution in [0.1, 0.15) is 29.6 Å². The highest BCUT2D eigenvalue weighted by Crippen LogP contribution is 2.37. The van der Waals surface area contributed by atoms with Crippen molar-refractivity contribution < 1.29 is 19.4 Å². The molecule has 1 spiro atoms. The van der Waals surface area contributed by atoms with E-state index < -0.39 is 11.5 Å². The van der Waals surface area contributed by atoms with E-state index in [1.165, 1.54) is 0 Å². The van der Waals surface area contributed by atoms with Crippen LogP contribution in [0.3, 0.4) is 0 Å². The first-order valence-electron chi connectivity index (χ1n) is 10.4. The molecule has 1 aromatic heterocycles. The van der Waals surface area contributed by atoms with E-state index in [-0.39, 0.29) is 18.4 Å². The van der Waals surface area contributed by atoms with Gasteiger partial charge in [0.25, 0.3) is 5.91 Å². The molecule has 0 saturated carbocycles. The van der Waals surface area contributed by atoms with Crippen LogP contribution < -0.4 is 10.6 Å². The maximum Gasteiger partial charge on any atom is 0.253 e. The van der Waals surface area contributed by atoms with Gasteiger partial charge in [0.2, 0.25) is 11.9 Å². The molecule has 2 aromatic rings. The van der Waals surface area contributed by atoms with Crippen LogP contribution in [0, 0.1) is 5.41 Å². The van der Waals surface area contributed by atoms with Crippen molar-refractivity contribution in [3.63, 3.8) is 0 Å². The number of nitrogens with one attached hydrogen (secondary N) is 2. The quantitative estimate of drug-likeness (QED) is 0.622. The lowest BCUT2D eigenvalue weighted by Crippen LogP contribution is -2.62. The fourth-order valence-electron chi connectivity index (χ4n) is 4.56. The molecular formula is C21H29N5O4. The predicted molar refractivity (Wildman–Crippen MR) is 112 cm³/mol. The number of aliphatic hydroxyl groups is 1. The Bertz CT molecular complexity index is 958. The number of likely N-dealkylation sites (tertiary alicyclic amines) is 1. The van der Waals surface area contributed by atoms with Crippen molar-refractivity contribution in [2.45, 2.75) is 25.4 Å². The number of piperidine rings is 2. The Hall–Kier alpha value is -2.65. The molecule has 2 amide bonds. The van der Waals surface area contributed by atoms with Crippen LogP contribution in [0.5, 0.6) is 0 Å². The third kappa shape index (κ3) is 3.52. The Labute approximate surface area is 175 Å². The Kier molecular flexibility index (Phi) is 5.66. The number of imidazole rings is 1. The topological polar surface area (TPSA) is 109 Å². The van der Waals surface area contributed by atoms with E-state index in [4.69, 9.17) is 4.74 Å². The normalized spacial score (nSPS) is 24.3. The number of aromatic nitrogens is 2. The molecule has 2 aliphatic heterocycles. The number of fused-ring (bicyclic) bond motifs is 1. The monoisotopic (exact) mass is 415 g/mol. The summed E-state index contributed by atoms with van der Waals surface area (Å²) in [6.07, 6.45) is 1.09. The van der Waals surface area contributed by atoms with Gasteiger partial charge in [0.15, 0.2) is 0 Å². The third-order valence-corrected chi connectivity index (χ3v) is 6.33. The van der Waals surface area contributed by atoms with Crippen molar-refractivity contribution in [1.29, 1.82) is 0 Å². The van der Waals surface area contributed by atoms with Crippen LogP contribution >= 0.6 is 0 Å². The van der Waals surface area contributed by atoms with Gasteiger partial charge >= 0.3 is 0 Å². The van der Waals surface area contributed by atoms with Crippen LogP contribution in [-0.4, -0.2) is 77.4 Å². The molecule has 1 aromatic carbocycles. The molecule has 3 heterocycles. The molecule has 9 heteroatoms. The fraction of sp³-hybridized carbons (Fsp3) is 0.571. The van der Waals surface area contributed by atoms with Gasteiger partial charge in [-0.3, -0.25) is 9.59 Å². The van der Waals surface area contributed by atoms with Crippen molar-refractivity contribution in [3.05, 3.63) is 23.8 Å². The summed E-state index contributed by atoms with van der Waals surface area (Å²) >= 11 is 0. The van der Waals surface area contributed by atoms with Gasteiger partial charge in [-0.15, -0.1) is 0 Å². The molecule has 30 heavy (non-hydrogen) atoms. The summed E-state index contributed by atoms with van der Waals surface area (Å²) in [5, 5.41) is 16.6.